The summed E-state index contributed by atoms with van der Waals surface area (Å²) in [7, 11) is 1.81. The second kappa shape index (κ2) is 15.8. The van der Waals surface area contributed by atoms with Crippen molar-refractivity contribution >= 4 is 17.6 Å². The van der Waals surface area contributed by atoms with Crippen LogP contribution in [-0.2, 0) is 9.53 Å². The summed E-state index contributed by atoms with van der Waals surface area (Å²) in [5, 5.41) is 10.9. The second-order valence-corrected chi connectivity index (χ2v) is 13.7. The van der Waals surface area contributed by atoms with Gasteiger partial charge in [-0.05, 0) is 113 Å². The summed E-state index contributed by atoms with van der Waals surface area (Å²) in [6.45, 7) is 11.2. The van der Waals surface area contributed by atoms with Gasteiger partial charge in [-0.3, -0.25) is 19.5 Å². The van der Waals surface area contributed by atoms with Gasteiger partial charge in [-0.15, -0.1) is 0 Å². The normalized spacial score (nSPS) is 22.3. The highest BCUT2D eigenvalue weighted by molar-refractivity contribution is 6.30. The number of carboxylic acids is 1. The number of aryl methyl sites for hydroxylation is 1. The van der Waals surface area contributed by atoms with Gasteiger partial charge < -0.3 is 9.84 Å². The second-order valence-electron chi connectivity index (χ2n) is 13.3. The molecule has 1 N–H and O–H groups in total. The van der Waals surface area contributed by atoms with E-state index in [2.05, 4.69) is 23.6 Å². The van der Waals surface area contributed by atoms with Crippen molar-refractivity contribution < 1.29 is 32.2 Å². The van der Waals surface area contributed by atoms with Gasteiger partial charge in [-0.25, -0.2) is 4.39 Å². The van der Waals surface area contributed by atoms with Crippen LogP contribution < -0.4 is 0 Å². The molecule has 0 aromatic heterocycles. The van der Waals surface area contributed by atoms with Crippen LogP contribution in [0.1, 0.15) is 93.1 Å². The van der Waals surface area contributed by atoms with Crippen molar-refractivity contribution in [2.24, 2.45) is 0 Å². The average molecular weight is 670 g/mol. The number of rotatable bonds is 12. The molecule has 46 heavy (non-hydrogen) atoms. The van der Waals surface area contributed by atoms with Crippen LogP contribution >= 0.6 is 11.6 Å². The number of carboxylic acid groups (broad SMARTS) is 1. The number of ether oxygens (including phenoxy) is 1. The fraction of sp³-hybridized carbons (Fsp3) is 0.629. The highest BCUT2D eigenvalue weighted by Gasteiger charge is 2.40. The van der Waals surface area contributed by atoms with Crippen LogP contribution in [0, 0.1) is 12.7 Å². The van der Waals surface area contributed by atoms with Gasteiger partial charge in [0.1, 0.15) is 11.9 Å². The molecule has 2 aromatic rings. The summed E-state index contributed by atoms with van der Waals surface area (Å²) < 4.78 is 59.1. The molecule has 2 aromatic carbocycles. The predicted molar refractivity (Wildman–Crippen MR) is 173 cm³/mol. The SMILES string of the molecule is Cc1cccc(C(C(=O)O)N(C)CC[C@@H](c2cc(F)cc(Cl)c2)N2CCN(C(C)C)CC2)c1C1CCC(OC(C)C(F)(F)F)CC1. The summed E-state index contributed by atoms with van der Waals surface area (Å²) in [6, 6.07) is 9.66. The minimum Gasteiger partial charge on any atom is -0.480 e. The Kier molecular flexibility index (Phi) is 12.5. The summed E-state index contributed by atoms with van der Waals surface area (Å²) in [5.74, 6) is -1.35. The molecular formula is C35H48ClF4N3O3. The third-order valence-electron chi connectivity index (χ3n) is 9.81. The Morgan fingerprint density at radius 2 is 1.67 bits per heavy atom. The van der Waals surface area contributed by atoms with E-state index < -0.39 is 36.2 Å². The number of hydrogen-bond acceptors (Lipinski definition) is 5. The van der Waals surface area contributed by atoms with E-state index in [4.69, 9.17) is 16.3 Å². The molecule has 2 fully saturated rings. The molecule has 3 atom stereocenters. The number of hydrogen-bond donors (Lipinski definition) is 1. The number of benzene rings is 2. The Labute approximate surface area is 275 Å². The number of carbonyl (C=O) groups is 1. The van der Waals surface area contributed by atoms with Crippen molar-refractivity contribution in [1.82, 2.24) is 14.7 Å². The van der Waals surface area contributed by atoms with Crippen molar-refractivity contribution in [3.8, 4) is 0 Å². The van der Waals surface area contributed by atoms with Gasteiger partial charge in [0.2, 0.25) is 0 Å². The van der Waals surface area contributed by atoms with Crippen molar-refractivity contribution in [3.63, 3.8) is 0 Å². The Balaban J connectivity index is 1.53. The van der Waals surface area contributed by atoms with Gasteiger partial charge in [0.25, 0.3) is 0 Å². The van der Waals surface area contributed by atoms with Crippen LogP contribution in [0.5, 0.6) is 0 Å². The molecule has 2 unspecified atom stereocenters. The first kappa shape index (κ1) is 36.6. The molecule has 0 bridgehead atoms. The zero-order chi connectivity index (χ0) is 33.8. The van der Waals surface area contributed by atoms with Crippen molar-refractivity contribution in [2.45, 2.75) is 102 Å². The molecule has 1 aliphatic heterocycles. The molecule has 1 heterocycles. The maximum atomic E-state index is 14.5. The molecular weight excluding hydrogens is 622 g/mol. The van der Waals surface area contributed by atoms with Crippen molar-refractivity contribution in [3.05, 3.63) is 69.5 Å². The number of likely N-dealkylation sites (N-methyl/N-ethyl adjacent to an activating group) is 1. The van der Waals surface area contributed by atoms with Crippen LogP contribution in [0.15, 0.2) is 36.4 Å². The van der Waals surface area contributed by atoms with Gasteiger partial charge in [0.15, 0.2) is 6.10 Å². The number of halogens is 5. The molecule has 1 saturated carbocycles. The lowest BCUT2D eigenvalue weighted by atomic mass is 9.77. The maximum Gasteiger partial charge on any atom is 0.414 e. The van der Waals surface area contributed by atoms with Crippen LogP contribution in [0.4, 0.5) is 17.6 Å². The lowest BCUT2D eigenvalue weighted by molar-refractivity contribution is -0.229. The Bertz CT molecular complexity index is 1290. The largest absolute Gasteiger partial charge is 0.480 e. The van der Waals surface area contributed by atoms with Gasteiger partial charge in [0, 0.05) is 49.8 Å². The van der Waals surface area contributed by atoms with Crippen LogP contribution in [0.2, 0.25) is 5.02 Å². The highest BCUT2D eigenvalue weighted by Crippen LogP contribution is 2.41. The zero-order valence-electron chi connectivity index (χ0n) is 27.5. The first-order valence-corrected chi connectivity index (χ1v) is 16.7. The molecule has 1 aliphatic carbocycles. The number of nitrogens with zero attached hydrogens (tertiary/aromatic N) is 3. The van der Waals surface area contributed by atoms with E-state index in [1.807, 2.05) is 30.0 Å². The maximum absolute atomic E-state index is 14.5. The fourth-order valence-corrected chi connectivity index (χ4v) is 7.49. The lowest BCUT2D eigenvalue weighted by Gasteiger charge is -2.41. The van der Waals surface area contributed by atoms with Crippen molar-refractivity contribution in [2.75, 3.05) is 39.8 Å². The molecule has 0 radical (unpaired) electrons. The quantitative estimate of drug-likeness (QED) is 0.231. The molecule has 6 nitrogen and oxygen atoms in total. The minimum absolute atomic E-state index is 0.0203. The van der Waals surface area contributed by atoms with E-state index in [0.29, 0.717) is 55.3 Å². The van der Waals surface area contributed by atoms with E-state index in [1.165, 1.54) is 12.1 Å². The smallest absolute Gasteiger partial charge is 0.414 e. The van der Waals surface area contributed by atoms with Gasteiger partial charge in [-0.2, -0.15) is 13.2 Å². The summed E-state index contributed by atoms with van der Waals surface area (Å²) >= 11 is 6.28. The third-order valence-corrected chi connectivity index (χ3v) is 10.0. The molecule has 0 amide bonds. The molecule has 4 rings (SSSR count). The summed E-state index contributed by atoms with van der Waals surface area (Å²) in [6.07, 6.45) is -3.93. The van der Waals surface area contributed by atoms with E-state index in [0.717, 1.165) is 49.8 Å². The highest BCUT2D eigenvalue weighted by atomic mass is 35.5. The first-order chi connectivity index (χ1) is 21.6. The van der Waals surface area contributed by atoms with Crippen LogP contribution in [-0.4, -0.2) is 90.0 Å². The minimum atomic E-state index is -4.40. The Morgan fingerprint density at radius 3 is 2.24 bits per heavy atom. The molecule has 11 heteroatoms. The lowest BCUT2D eigenvalue weighted by Crippen LogP contribution is -2.50. The number of alkyl halides is 3. The zero-order valence-corrected chi connectivity index (χ0v) is 28.3. The van der Waals surface area contributed by atoms with E-state index >= 15 is 0 Å². The predicted octanol–water partition coefficient (Wildman–Crippen LogP) is 8.00. The van der Waals surface area contributed by atoms with Crippen molar-refractivity contribution in [1.29, 1.82) is 0 Å². The van der Waals surface area contributed by atoms with Crippen LogP contribution in [0.25, 0.3) is 0 Å². The number of aliphatic carboxylic acids is 1. The monoisotopic (exact) mass is 669 g/mol. The summed E-state index contributed by atoms with van der Waals surface area (Å²) in [5.41, 5.74) is 3.42. The standard InChI is InChI=1S/C35H48ClF4N3O3/c1-22(2)42-15-17-43(18-16-42)31(26-19-27(36)21-28(37)20-26)13-14-41(5)33(34(44)45)30-8-6-7-23(3)32(30)25-9-11-29(12-10-25)46-24(4)35(38,39)40/h6-8,19-22,24-25,29,31,33H,9-18H2,1-5H3,(H,44,45)/t24?,25?,29?,31-,33?/m0/s1. The molecule has 256 valence electrons. The topological polar surface area (TPSA) is 56.2 Å². The van der Waals surface area contributed by atoms with E-state index in [9.17, 15) is 27.5 Å². The molecule has 0 spiro atoms. The van der Waals surface area contributed by atoms with E-state index in [1.54, 1.807) is 13.1 Å². The fourth-order valence-electron chi connectivity index (χ4n) is 7.26. The molecule has 2 aliphatic rings. The van der Waals surface area contributed by atoms with E-state index in [-0.39, 0.29) is 12.0 Å². The van der Waals surface area contributed by atoms with Gasteiger partial charge >= 0.3 is 12.1 Å². The first-order valence-electron chi connectivity index (χ1n) is 16.3. The Hall–Kier alpha value is -2.24. The van der Waals surface area contributed by atoms with Gasteiger partial charge in [-0.1, -0.05) is 29.8 Å². The Morgan fingerprint density at radius 1 is 1.04 bits per heavy atom. The average Bonchev–Trinajstić information content (AvgIpc) is 2.97. The van der Waals surface area contributed by atoms with Gasteiger partial charge in [0.05, 0.1) is 6.10 Å². The molecule has 1 saturated heterocycles. The van der Waals surface area contributed by atoms with Crippen LogP contribution in [0.3, 0.4) is 0 Å². The third kappa shape index (κ3) is 9.22. The number of piperazine rings is 1. The summed E-state index contributed by atoms with van der Waals surface area (Å²) in [4.78, 5) is 19.5.